The van der Waals surface area contributed by atoms with Gasteiger partial charge in [0.25, 0.3) is 0 Å². The second kappa shape index (κ2) is 7.49. The van der Waals surface area contributed by atoms with Crippen LogP contribution in [-0.4, -0.2) is 14.4 Å². The smallest absolute Gasteiger partial charge is 0.192 e. The van der Waals surface area contributed by atoms with E-state index in [9.17, 15) is 0 Å². The van der Waals surface area contributed by atoms with Gasteiger partial charge in [-0.1, -0.05) is 52.9 Å². The Labute approximate surface area is 103 Å². The van der Waals surface area contributed by atoms with Crippen LogP contribution in [0.15, 0.2) is 0 Å². The Balaban J connectivity index is 2.44. The van der Waals surface area contributed by atoms with Crippen molar-refractivity contribution in [1.29, 1.82) is 0 Å². The van der Waals surface area contributed by atoms with Crippen LogP contribution in [0.25, 0.3) is 0 Å². The molecule has 0 aromatic rings. The van der Waals surface area contributed by atoms with E-state index in [4.69, 9.17) is 4.43 Å². The fourth-order valence-electron chi connectivity index (χ4n) is 2.94. The molecular formula is C14H30OSi. The van der Waals surface area contributed by atoms with Gasteiger partial charge in [-0.05, 0) is 31.0 Å². The molecule has 96 valence electrons. The molecule has 16 heavy (non-hydrogen) atoms. The molecule has 2 heteroatoms. The van der Waals surface area contributed by atoms with Crippen molar-refractivity contribution in [1.82, 2.24) is 0 Å². The maximum absolute atomic E-state index is 6.63. The van der Waals surface area contributed by atoms with Crippen LogP contribution in [0.3, 0.4) is 0 Å². The van der Waals surface area contributed by atoms with Gasteiger partial charge in [0.1, 0.15) is 0 Å². The van der Waals surface area contributed by atoms with Crippen LogP contribution >= 0.6 is 0 Å². The standard InChI is InChI=1S/C14H30OSi/c1-4-7-11-14(10-5-2)15-16(6-3)12-8-9-13-16/h14H,4-13H2,1-3H3. The third-order valence-corrected chi connectivity index (χ3v) is 8.72. The number of hydrogen-bond acceptors (Lipinski definition) is 1. The molecule has 0 spiro atoms. The molecule has 1 fully saturated rings. The molecule has 1 aliphatic heterocycles. The third kappa shape index (κ3) is 4.21. The van der Waals surface area contributed by atoms with E-state index in [0.29, 0.717) is 6.10 Å². The van der Waals surface area contributed by atoms with Gasteiger partial charge in [0.2, 0.25) is 0 Å². The van der Waals surface area contributed by atoms with Crippen molar-refractivity contribution in [2.75, 3.05) is 0 Å². The molecule has 0 amide bonds. The summed E-state index contributed by atoms with van der Waals surface area (Å²) in [7, 11) is -1.26. The van der Waals surface area contributed by atoms with Crippen molar-refractivity contribution in [3.8, 4) is 0 Å². The summed E-state index contributed by atoms with van der Waals surface area (Å²) in [6.07, 6.45) is 9.99. The van der Waals surface area contributed by atoms with Crippen LogP contribution in [0.5, 0.6) is 0 Å². The van der Waals surface area contributed by atoms with Gasteiger partial charge >= 0.3 is 0 Å². The van der Waals surface area contributed by atoms with Crippen LogP contribution < -0.4 is 0 Å². The molecule has 0 saturated carbocycles. The highest BCUT2D eigenvalue weighted by Crippen LogP contribution is 2.36. The van der Waals surface area contributed by atoms with Crippen molar-refractivity contribution in [2.45, 2.75) is 90.0 Å². The van der Waals surface area contributed by atoms with E-state index in [1.54, 1.807) is 0 Å². The highest BCUT2D eigenvalue weighted by molar-refractivity contribution is 6.74. The van der Waals surface area contributed by atoms with Crippen molar-refractivity contribution in [3.05, 3.63) is 0 Å². The molecule has 0 aromatic carbocycles. The molecule has 1 aliphatic rings. The summed E-state index contributed by atoms with van der Waals surface area (Å²) in [6, 6.07) is 4.23. The highest BCUT2D eigenvalue weighted by atomic mass is 28.4. The molecule has 1 saturated heterocycles. The summed E-state index contributed by atoms with van der Waals surface area (Å²) in [6.45, 7) is 6.93. The maximum atomic E-state index is 6.63. The van der Waals surface area contributed by atoms with E-state index in [1.807, 2.05) is 0 Å². The Kier molecular flexibility index (Phi) is 6.67. The minimum absolute atomic E-state index is 0.592. The first-order valence-corrected chi connectivity index (χ1v) is 9.97. The molecule has 0 bridgehead atoms. The first kappa shape index (κ1) is 14.2. The minimum atomic E-state index is -1.26. The van der Waals surface area contributed by atoms with E-state index >= 15 is 0 Å². The number of hydrogen-bond donors (Lipinski definition) is 0. The molecule has 0 radical (unpaired) electrons. The summed E-state index contributed by atoms with van der Waals surface area (Å²) < 4.78 is 6.63. The fourth-order valence-corrected chi connectivity index (χ4v) is 7.03. The van der Waals surface area contributed by atoms with Gasteiger partial charge in [-0.3, -0.25) is 0 Å². The number of unbranched alkanes of at least 4 members (excludes halogenated alkanes) is 1. The zero-order valence-corrected chi connectivity index (χ0v) is 12.6. The van der Waals surface area contributed by atoms with E-state index < -0.39 is 8.32 Å². The highest BCUT2D eigenvalue weighted by Gasteiger charge is 2.38. The van der Waals surface area contributed by atoms with Gasteiger partial charge in [0.05, 0.1) is 0 Å². The first-order valence-electron chi connectivity index (χ1n) is 7.44. The third-order valence-electron chi connectivity index (χ3n) is 4.07. The maximum Gasteiger partial charge on any atom is 0.192 e. The van der Waals surface area contributed by atoms with Crippen LogP contribution in [-0.2, 0) is 4.43 Å². The van der Waals surface area contributed by atoms with Crippen LogP contribution in [0, 0.1) is 0 Å². The number of rotatable bonds is 8. The first-order chi connectivity index (χ1) is 7.76. The molecule has 1 nitrogen and oxygen atoms in total. The summed E-state index contributed by atoms with van der Waals surface area (Å²) in [5.41, 5.74) is 0. The van der Waals surface area contributed by atoms with Gasteiger partial charge < -0.3 is 4.43 Å². The molecule has 1 atom stereocenters. The lowest BCUT2D eigenvalue weighted by atomic mass is 10.1. The Morgan fingerprint density at radius 3 is 2.19 bits per heavy atom. The topological polar surface area (TPSA) is 9.23 Å². The lowest BCUT2D eigenvalue weighted by Crippen LogP contribution is -2.38. The average Bonchev–Trinajstić information content (AvgIpc) is 2.75. The monoisotopic (exact) mass is 242 g/mol. The van der Waals surface area contributed by atoms with Crippen LogP contribution in [0.1, 0.15) is 65.7 Å². The van der Waals surface area contributed by atoms with Crippen LogP contribution in [0.4, 0.5) is 0 Å². The van der Waals surface area contributed by atoms with Gasteiger partial charge in [-0.25, -0.2) is 0 Å². The Morgan fingerprint density at radius 2 is 1.69 bits per heavy atom. The van der Waals surface area contributed by atoms with Gasteiger partial charge in [-0.15, -0.1) is 0 Å². The molecular weight excluding hydrogens is 212 g/mol. The van der Waals surface area contributed by atoms with Crippen molar-refractivity contribution < 1.29 is 4.43 Å². The lowest BCUT2D eigenvalue weighted by molar-refractivity contribution is 0.164. The Morgan fingerprint density at radius 1 is 1.00 bits per heavy atom. The van der Waals surface area contributed by atoms with Gasteiger partial charge in [0.15, 0.2) is 8.32 Å². The van der Waals surface area contributed by atoms with E-state index in [-0.39, 0.29) is 0 Å². The summed E-state index contributed by atoms with van der Waals surface area (Å²) >= 11 is 0. The quantitative estimate of drug-likeness (QED) is 0.537. The predicted molar refractivity (Wildman–Crippen MR) is 74.4 cm³/mol. The normalized spacial score (nSPS) is 21.2. The second-order valence-electron chi connectivity index (χ2n) is 5.41. The van der Waals surface area contributed by atoms with E-state index in [1.165, 1.54) is 63.1 Å². The van der Waals surface area contributed by atoms with E-state index in [2.05, 4.69) is 20.8 Å². The van der Waals surface area contributed by atoms with Gasteiger partial charge in [0, 0.05) is 6.10 Å². The zero-order chi connectivity index (χ0) is 11.9. The van der Waals surface area contributed by atoms with Gasteiger partial charge in [-0.2, -0.15) is 0 Å². The predicted octanol–water partition coefficient (Wildman–Crippen LogP) is 5.12. The zero-order valence-electron chi connectivity index (χ0n) is 11.6. The summed E-state index contributed by atoms with van der Waals surface area (Å²) in [5, 5.41) is 0. The Hall–Kier alpha value is 0.177. The molecule has 0 aliphatic carbocycles. The SMILES string of the molecule is CCCCC(CCC)O[Si]1(CC)CCCC1. The fraction of sp³-hybridized carbons (Fsp3) is 1.00. The van der Waals surface area contributed by atoms with Crippen molar-refractivity contribution >= 4 is 8.32 Å². The summed E-state index contributed by atoms with van der Waals surface area (Å²) in [5.74, 6) is 0. The lowest BCUT2D eigenvalue weighted by Gasteiger charge is -2.31. The molecule has 1 rings (SSSR count). The molecule has 0 aromatic heterocycles. The average molecular weight is 242 g/mol. The molecule has 0 N–H and O–H groups in total. The Bertz CT molecular complexity index is 176. The van der Waals surface area contributed by atoms with E-state index in [0.717, 1.165) is 0 Å². The molecule has 1 unspecified atom stereocenters. The largest absolute Gasteiger partial charge is 0.414 e. The minimum Gasteiger partial charge on any atom is -0.414 e. The molecule has 1 heterocycles. The van der Waals surface area contributed by atoms with Crippen molar-refractivity contribution in [2.24, 2.45) is 0 Å². The summed E-state index contributed by atoms with van der Waals surface area (Å²) in [4.78, 5) is 0. The second-order valence-corrected chi connectivity index (χ2v) is 9.72. The van der Waals surface area contributed by atoms with Crippen LogP contribution in [0.2, 0.25) is 18.1 Å². The van der Waals surface area contributed by atoms with Crippen molar-refractivity contribution in [3.63, 3.8) is 0 Å².